The number of carbonyl (C=O) groups excluding carboxylic acids is 2. The van der Waals surface area contributed by atoms with Crippen LogP contribution in [0, 0.1) is 0 Å². The van der Waals surface area contributed by atoms with Crippen molar-refractivity contribution in [2.75, 3.05) is 13.2 Å². The van der Waals surface area contributed by atoms with Crippen molar-refractivity contribution in [3.05, 3.63) is 36.5 Å². The standard InChI is InChI=1S/C54H101NO5/c1-3-5-7-9-11-13-14-24-28-32-36-40-44-48-54(59)60-49-45-41-37-33-29-26-23-21-19-17-15-16-18-20-22-25-27-31-35-39-43-47-53(58)55-51(50-56)52(57)46-42-38-34-30-12-10-8-6-4-2/h13-14,26,29,37,41,51-52,56-57H,3-12,15-25,27-28,30-36,38-40,42-50H2,1-2H3,(H,55,58)/b14-13-,29-26-,41-37-. The van der Waals surface area contributed by atoms with Crippen molar-refractivity contribution in [2.24, 2.45) is 0 Å². The zero-order valence-corrected chi connectivity index (χ0v) is 39.9. The van der Waals surface area contributed by atoms with Gasteiger partial charge < -0.3 is 20.3 Å². The number of esters is 1. The molecule has 0 saturated carbocycles. The van der Waals surface area contributed by atoms with E-state index in [2.05, 4.69) is 55.6 Å². The Morgan fingerprint density at radius 3 is 1.30 bits per heavy atom. The third-order valence-corrected chi connectivity index (χ3v) is 11.9. The fourth-order valence-electron chi connectivity index (χ4n) is 7.88. The molecule has 6 nitrogen and oxygen atoms in total. The molecule has 0 spiro atoms. The summed E-state index contributed by atoms with van der Waals surface area (Å²) in [5.74, 6) is -0.0882. The summed E-state index contributed by atoms with van der Waals surface area (Å²) in [6, 6.07) is -0.543. The molecular weight excluding hydrogens is 743 g/mol. The van der Waals surface area contributed by atoms with Gasteiger partial charge >= 0.3 is 5.97 Å². The van der Waals surface area contributed by atoms with Gasteiger partial charge in [0.1, 0.15) is 0 Å². The van der Waals surface area contributed by atoms with Crippen molar-refractivity contribution in [2.45, 2.75) is 283 Å². The van der Waals surface area contributed by atoms with E-state index < -0.39 is 12.1 Å². The van der Waals surface area contributed by atoms with Crippen LogP contribution in [0.5, 0.6) is 0 Å². The van der Waals surface area contributed by atoms with E-state index in [1.165, 1.54) is 186 Å². The van der Waals surface area contributed by atoms with E-state index in [0.717, 1.165) is 51.4 Å². The highest BCUT2D eigenvalue weighted by atomic mass is 16.5. The van der Waals surface area contributed by atoms with Crippen LogP contribution in [0.3, 0.4) is 0 Å². The maximum absolute atomic E-state index is 12.4. The number of rotatable bonds is 48. The van der Waals surface area contributed by atoms with Crippen LogP contribution in [0.25, 0.3) is 0 Å². The molecule has 0 aromatic heterocycles. The van der Waals surface area contributed by atoms with Gasteiger partial charge in [0.2, 0.25) is 5.91 Å². The fraction of sp³-hybridized carbons (Fsp3) is 0.852. The lowest BCUT2D eigenvalue weighted by Gasteiger charge is -2.22. The van der Waals surface area contributed by atoms with Crippen LogP contribution in [0.4, 0.5) is 0 Å². The summed E-state index contributed by atoms with van der Waals surface area (Å²) in [5.41, 5.74) is 0. The molecule has 0 rings (SSSR count). The van der Waals surface area contributed by atoms with Gasteiger partial charge in [-0.2, -0.15) is 0 Å². The molecule has 0 aromatic rings. The lowest BCUT2D eigenvalue weighted by molar-refractivity contribution is -0.143. The van der Waals surface area contributed by atoms with Gasteiger partial charge in [-0.1, -0.05) is 224 Å². The molecule has 0 heterocycles. The number of aliphatic hydroxyl groups excluding tert-OH is 2. The van der Waals surface area contributed by atoms with Gasteiger partial charge in [0.15, 0.2) is 0 Å². The second kappa shape index (κ2) is 49.7. The van der Waals surface area contributed by atoms with Crippen LogP contribution >= 0.6 is 0 Å². The van der Waals surface area contributed by atoms with E-state index in [1.807, 2.05) is 0 Å². The zero-order valence-electron chi connectivity index (χ0n) is 39.9. The molecule has 0 bridgehead atoms. The van der Waals surface area contributed by atoms with Gasteiger partial charge in [0.25, 0.3) is 0 Å². The summed E-state index contributed by atoms with van der Waals surface area (Å²) in [4.78, 5) is 24.4. The van der Waals surface area contributed by atoms with Gasteiger partial charge in [-0.05, 0) is 70.6 Å². The molecule has 0 aliphatic carbocycles. The van der Waals surface area contributed by atoms with Crippen LogP contribution in [0.1, 0.15) is 271 Å². The van der Waals surface area contributed by atoms with Crippen molar-refractivity contribution in [3.63, 3.8) is 0 Å². The Bertz CT molecular complexity index is 977. The Morgan fingerprint density at radius 2 is 0.833 bits per heavy atom. The van der Waals surface area contributed by atoms with Crippen molar-refractivity contribution >= 4 is 11.9 Å². The molecule has 0 fully saturated rings. The predicted octanol–water partition coefficient (Wildman–Crippen LogP) is 15.7. The SMILES string of the molecule is CCCCCC/C=C\CCCCCCCC(=O)OCC/C=C\C/C=C\CCCCCCCCCCCCCCCCC(=O)NC(CO)C(O)CCCCCCCCCCC. The Balaban J connectivity index is 3.44. The highest BCUT2D eigenvalue weighted by Crippen LogP contribution is 2.16. The van der Waals surface area contributed by atoms with Crippen molar-refractivity contribution in [1.29, 1.82) is 0 Å². The summed E-state index contributed by atoms with van der Waals surface area (Å²) in [6.45, 7) is 4.80. The number of nitrogens with one attached hydrogen (secondary N) is 1. The summed E-state index contributed by atoms with van der Waals surface area (Å²) in [7, 11) is 0. The minimum atomic E-state index is -0.665. The summed E-state index contributed by atoms with van der Waals surface area (Å²) < 4.78 is 5.39. The number of unbranched alkanes of at least 4 members (excludes halogenated alkanes) is 31. The topological polar surface area (TPSA) is 95.9 Å². The first-order valence-corrected chi connectivity index (χ1v) is 26.2. The number of ether oxygens (including phenoxy) is 1. The van der Waals surface area contributed by atoms with E-state index in [9.17, 15) is 19.8 Å². The molecule has 2 atom stereocenters. The van der Waals surface area contributed by atoms with Crippen LogP contribution in [0.15, 0.2) is 36.5 Å². The first-order valence-electron chi connectivity index (χ1n) is 26.2. The Hall–Kier alpha value is -1.92. The smallest absolute Gasteiger partial charge is 0.305 e. The number of hydrogen-bond donors (Lipinski definition) is 3. The van der Waals surface area contributed by atoms with E-state index in [0.29, 0.717) is 25.9 Å². The van der Waals surface area contributed by atoms with E-state index in [4.69, 9.17) is 4.74 Å². The molecule has 1 amide bonds. The van der Waals surface area contributed by atoms with Gasteiger partial charge in [-0.15, -0.1) is 0 Å². The first-order chi connectivity index (χ1) is 29.5. The normalized spacial score (nSPS) is 12.9. The molecule has 6 heteroatoms. The van der Waals surface area contributed by atoms with E-state index in [-0.39, 0.29) is 18.5 Å². The van der Waals surface area contributed by atoms with Gasteiger partial charge in [-0.3, -0.25) is 9.59 Å². The Morgan fingerprint density at radius 1 is 0.467 bits per heavy atom. The van der Waals surface area contributed by atoms with Crippen LogP contribution in [-0.4, -0.2) is 47.4 Å². The predicted molar refractivity (Wildman–Crippen MR) is 259 cm³/mol. The molecule has 0 saturated heterocycles. The highest BCUT2D eigenvalue weighted by Gasteiger charge is 2.20. The molecule has 60 heavy (non-hydrogen) atoms. The Labute approximate surface area is 373 Å². The minimum absolute atomic E-state index is 0.0430. The van der Waals surface area contributed by atoms with E-state index in [1.54, 1.807) is 0 Å². The molecule has 0 radical (unpaired) electrons. The number of amides is 1. The van der Waals surface area contributed by atoms with Gasteiger partial charge in [0.05, 0.1) is 25.4 Å². The number of aliphatic hydroxyl groups is 2. The van der Waals surface area contributed by atoms with Gasteiger partial charge in [-0.25, -0.2) is 0 Å². The molecule has 3 N–H and O–H groups in total. The third kappa shape index (κ3) is 45.6. The monoisotopic (exact) mass is 844 g/mol. The second-order valence-electron chi connectivity index (χ2n) is 17.8. The number of carbonyl (C=O) groups is 2. The van der Waals surface area contributed by atoms with Crippen molar-refractivity contribution in [1.82, 2.24) is 5.32 Å². The molecular formula is C54H101NO5. The molecule has 0 aliphatic heterocycles. The van der Waals surface area contributed by atoms with Crippen LogP contribution in [0.2, 0.25) is 0 Å². The summed E-state index contributed by atoms with van der Waals surface area (Å²) >= 11 is 0. The van der Waals surface area contributed by atoms with E-state index >= 15 is 0 Å². The van der Waals surface area contributed by atoms with Crippen molar-refractivity contribution < 1.29 is 24.5 Å². The average Bonchev–Trinajstić information content (AvgIpc) is 3.25. The summed E-state index contributed by atoms with van der Waals surface area (Å²) in [6.07, 6.45) is 60.0. The lowest BCUT2D eigenvalue weighted by Crippen LogP contribution is -2.45. The molecule has 352 valence electrons. The quantitative estimate of drug-likeness (QED) is 0.0322. The average molecular weight is 844 g/mol. The molecule has 0 aliphatic rings. The zero-order chi connectivity index (χ0) is 43.7. The fourth-order valence-corrected chi connectivity index (χ4v) is 7.88. The minimum Gasteiger partial charge on any atom is -0.465 e. The van der Waals surface area contributed by atoms with Gasteiger partial charge in [0, 0.05) is 12.8 Å². The number of allylic oxidation sites excluding steroid dienone is 5. The maximum Gasteiger partial charge on any atom is 0.305 e. The largest absolute Gasteiger partial charge is 0.465 e. The van der Waals surface area contributed by atoms with Crippen molar-refractivity contribution in [3.8, 4) is 0 Å². The highest BCUT2D eigenvalue weighted by molar-refractivity contribution is 5.76. The lowest BCUT2D eigenvalue weighted by atomic mass is 10.0. The maximum atomic E-state index is 12.4. The van der Waals surface area contributed by atoms with Crippen LogP contribution < -0.4 is 5.32 Å². The molecule has 0 aromatic carbocycles. The number of hydrogen-bond acceptors (Lipinski definition) is 5. The Kier molecular flexibility index (Phi) is 48.1. The molecule has 2 unspecified atom stereocenters. The first kappa shape index (κ1) is 58.1. The summed E-state index contributed by atoms with van der Waals surface area (Å²) in [5, 5.41) is 23.1. The second-order valence-corrected chi connectivity index (χ2v) is 17.8. The third-order valence-electron chi connectivity index (χ3n) is 11.9. The van der Waals surface area contributed by atoms with Crippen LogP contribution in [-0.2, 0) is 14.3 Å².